The van der Waals surface area contributed by atoms with Crippen molar-refractivity contribution >= 4 is 50.7 Å². The molecule has 0 aliphatic carbocycles. The van der Waals surface area contributed by atoms with Crippen LogP contribution in [-0.4, -0.2) is 51.0 Å². The molecule has 1 aliphatic heterocycles. The first-order valence-corrected chi connectivity index (χ1v) is 14.9. The Morgan fingerprint density at radius 1 is 0.951 bits per heavy atom. The quantitative estimate of drug-likeness (QED) is 0.257. The third-order valence-electron chi connectivity index (χ3n) is 6.33. The number of likely N-dealkylation sites (tertiary alicyclic amines) is 1. The monoisotopic (exact) mass is 589 g/mol. The Labute approximate surface area is 246 Å². The highest BCUT2D eigenvalue weighted by molar-refractivity contribution is 7.18. The van der Waals surface area contributed by atoms with Crippen LogP contribution in [0.15, 0.2) is 53.9 Å². The second kappa shape index (κ2) is 11.4. The zero-order valence-corrected chi connectivity index (χ0v) is 25.1. The topological polar surface area (TPSA) is 114 Å². The average Bonchev–Trinajstić information content (AvgIpc) is 3.51. The summed E-state index contributed by atoms with van der Waals surface area (Å²) in [7, 11) is 0. The maximum absolute atomic E-state index is 13.1. The fourth-order valence-electron chi connectivity index (χ4n) is 4.48. The number of amides is 3. The molecule has 41 heavy (non-hydrogen) atoms. The van der Waals surface area contributed by atoms with Crippen molar-refractivity contribution in [2.24, 2.45) is 0 Å². The van der Waals surface area contributed by atoms with Crippen molar-refractivity contribution in [1.29, 1.82) is 0 Å². The van der Waals surface area contributed by atoms with E-state index < -0.39 is 17.7 Å². The van der Waals surface area contributed by atoms with E-state index in [0.29, 0.717) is 28.0 Å². The van der Waals surface area contributed by atoms with Crippen molar-refractivity contribution in [3.8, 4) is 22.4 Å². The molecular formula is C30H31N5O4S2. The third kappa shape index (κ3) is 6.80. The van der Waals surface area contributed by atoms with Crippen LogP contribution in [0.2, 0.25) is 0 Å². The van der Waals surface area contributed by atoms with Gasteiger partial charge in [0, 0.05) is 28.9 Å². The predicted octanol–water partition coefficient (Wildman–Crippen LogP) is 6.75. The average molecular weight is 590 g/mol. The van der Waals surface area contributed by atoms with Crippen molar-refractivity contribution in [2.75, 3.05) is 17.2 Å². The number of hydrogen-bond donors (Lipinski definition) is 2. The van der Waals surface area contributed by atoms with Crippen molar-refractivity contribution in [1.82, 2.24) is 14.9 Å². The van der Waals surface area contributed by atoms with E-state index in [1.54, 1.807) is 32.9 Å². The molecule has 1 aromatic carbocycles. The van der Waals surface area contributed by atoms with Gasteiger partial charge in [0.05, 0.1) is 15.6 Å². The van der Waals surface area contributed by atoms with Gasteiger partial charge in [-0.15, -0.1) is 22.7 Å². The standard InChI is InChI=1S/C30H31N5O4S2/c1-17-13-21(14-18(2)31-17)19-7-6-8-20(15-19)22-16-40-28(32-22)34-26(36)23-11-12-35(23)27(37)24-9-10-25(41-24)33-29(38)39-30(3,4)5/h6-10,13-16,23H,11-12H2,1-5H3,(H,33,38)(H,32,34,36)/t23-/m0/s1. The van der Waals surface area contributed by atoms with E-state index in [2.05, 4.69) is 44.9 Å². The molecule has 0 spiro atoms. The highest BCUT2D eigenvalue weighted by atomic mass is 32.1. The number of ether oxygens (including phenoxy) is 1. The van der Waals surface area contributed by atoms with Crippen molar-refractivity contribution in [3.05, 3.63) is 70.2 Å². The number of carbonyl (C=O) groups excluding carboxylic acids is 3. The molecule has 5 rings (SSSR count). The summed E-state index contributed by atoms with van der Waals surface area (Å²) in [5.41, 5.74) is 5.17. The van der Waals surface area contributed by atoms with Crippen molar-refractivity contribution in [3.63, 3.8) is 0 Å². The predicted molar refractivity (Wildman–Crippen MR) is 163 cm³/mol. The van der Waals surface area contributed by atoms with Crippen LogP contribution in [0.4, 0.5) is 14.9 Å². The number of hydrogen-bond acceptors (Lipinski definition) is 8. The maximum Gasteiger partial charge on any atom is 0.412 e. The molecule has 4 aromatic rings. The molecule has 0 radical (unpaired) electrons. The summed E-state index contributed by atoms with van der Waals surface area (Å²) in [4.78, 5) is 49.3. The van der Waals surface area contributed by atoms with Gasteiger partial charge >= 0.3 is 6.09 Å². The molecule has 2 N–H and O–H groups in total. The molecule has 3 aromatic heterocycles. The number of thiazole rings is 1. The van der Waals surface area contributed by atoms with Gasteiger partial charge in [0.1, 0.15) is 11.6 Å². The number of nitrogens with one attached hydrogen (secondary N) is 2. The Bertz CT molecular complexity index is 1600. The number of anilines is 2. The maximum atomic E-state index is 13.1. The molecule has 11 heteroatoms. The lowest BCUT2D eigenvalue weighted by molar-refractivity contribution is -0.123. The number of carbonyl (C=O) groups is 3. The van der Waals surface area contributed by atoms with Gasteiger partial charge in [-0.2, -0.15) is 0 Å². The number of thiophene rings is 1. The number of nitrogens with zero attached hydrogens (tertiary/aromatic N) is 3. The second-order valence-electron chi connectivity index (χ2n) is 10.8. The molecule has 9 nitrogen and oxygen atoms in total. The van der Waals surface area contributed by atoms with E-state index >= 15 is 0 Å². The third-order valence-corrected chi connectivity index (χ3v) is 8.08. The molecule has 0 unspecified atom stereocenters. The zero-order chi connectivity index (χ0) is 29.3. The first kappa shape index (κ1) is 28.4. The van der Waals surface area contributed by atoms with Crippen LogP contribution < -0.4 is 10.6 Å². The molecule has 4 heterocycles. The minimum Gasteiger partial charge on any atom is -0.444 e. The molecule has 0 saturated carbocycles. The van der Waals surface area contributed by atoms with Crippen LogP contribution in [0.3, 0.4) is 0 Å². The minimum atomic E-state index is -0.626. The summed E-state index contributed by atoms with van der Waals surface area (Å²) in [6, 6.07) is 14.9. The lowest BCUT2D eigenvalue weighted by atomic mass is 10.0. The van der Waals surface area contributed by atoms with Gasteiger partial charge in [-0.1, -0.05) is 18.2 Å². The largest absolute Gasteiger partial charge is 0.444 e. The summed E-state index contributed by atoms with van der Waals surface area (Å²) < 4.78 is 5.26. The van der Waals surface area contributed by atoms with Crippen molar-refractivity contribution in [2.45, 2.75) is 52.7 Å². The van der Waals surface area contributed by atoms with Crippen LogP contribution in [0, 0.1) is 13.8 Å². The fraction of sp³-hybridized carbons (Fsp3) is 0.300. The van der Waals surface area contributed by atoms with E-state index in [-0.39, 0.29) is 11.8 Å². The van der Waals surface area contributed by atoms with Gasteiger partial charge in [-0.05, 0) is 82.5 Å². The van der Waals surface area contributed by atoms with Crippen LogP contribution in [0.5, 0.6) is 0 Å². The van der Waals surface area contributed by atoms with Crippen LogP contribution in [-0.2, 0) is 9.53 Å². The molecule has 1 saturated heterocycles. The Morgan fingerprint density at radius 3 is 2.37 bits per heavy atom. The van der Waals surface area contributed by atoms with Gasteiger partial charge < -0.3 is 15.0 Å². The Morgan fingerprint density at radius 2 is 1.68 bits per heavy atom. The van der Waals surface area contributed by atoms with E-state index in [1.165, 1.54) is 16.2 Å². The first-order valence-electron chi connectivity index (χ1n) is 13.2. The van der Waals surface area contributed by atoms with Crippen LogP contribution in [0.1, 0.15) is 48.3 Å². The number of rotatable bonds is 6. The van der Waals surface area contributed by atoms with Gasteiger partial charge in [0.15, 0.2) is 5.13 Å². The van der Waals surface area contributed by atoms with Crippen LogP contribution >= 0.6 is 22.7 Å². The Hall–Kier alpha value is -4.09. The summed E-state index contributed by atoms with van der Waals surface area (Å²) in [6.45, 7) is 9.78. The van der Waals surface area contributed by atoms with Gasteiger partial charge in [-0.25, -0.2) is 9.78 Å². The van der Waals surface area contributed by atoms with Crippen LogP contribution in [0.25, 0.3) is 22.4 Å². The number of pyridine rings is 1. The normalized spacial score (nSPS) is 14.8. The van der Waals surface area contributed by atoms with E-state index in [4.69, 9.17) is 4.74 Å². The summed E-state index contributed by atoms with van der Waals surface area (Å²) in [5, 5.41) is 8.41. The molecule has 1 fully saturated rings. The molecule has 1 aliphatic rings. The summed E-state index contributed by atoms with van der Waals surface area (Å²) in [5.74, 6) is -0.525. The number of aromatic nitrogens is 2. The highest BCUT2D eigenvalue weighted by Crippen LogP contribution is 2.31. The molecular weight excluding hydrogens is 558 g/mol. The van der Waals surface area contributed by atoms with Gasteiger partial charge in [0.25, 0.3) is 5.91 Å². The Kier molecular flexibility index (Phi) is 7.92. The summed E-state index contributed by atoms with van der Waals surface area (Å²) in [6.07, 6.45) is -0.0200. The minimum absolute atomic E-state index is 0.253. The lowest BCUT2D eigenvalue weighted by Crippen LogP contribution is -2.56. The second-order valence-corrected chi connectivity index (χ2v) is 12.8. The zero-order valence-electron chi connectivity index (χ0n) is 23.5. The van der Waals surface area contributed by atoms with E-state index in [0.717, 1.165) is 45.1 Å². The number of aryl methyl sites for hydroxylation is 2. The molecule has 1 atom stereocenters. The first-order chi connectivity index (χ1) is 19.4. The number of benzene rings is 1. The molecule has 3 amide bonds. The SMILES string of the molecule is Cc1cc(-c2cccc(-c3csc(NC(=O)[C@@H]4CCN4C(=O)c4ccc(NC(=O)OC(C)(C)C)s4)n3)c2)cc(C)n1. The fourth-order valence-corrected chi connectivity index (χ4v) is 6.05. The molecule has 0 bridgehead atoms. The lowest BCUT2D eigenvalue weighted by Gasteiger charge is -2.39. The Balaban J connectivity index is 1.21. The highest BCUT2D eigenvalue weighted by Gasteiger charge is 2.38. The van der Waals surface area contributed by atoms with E-state index in [1.807, 2.05) is 31.4 Å². The summed E-state index contributed by atoms with van der Waals surface area (Å²) >= 11 is 2.49. The molecule has 212 valence electrons. The van der Waals surface area contributed by atoms with Crippen molar-refractivity contribution < 1.29 is 19.1 Å². The van der Waals surface area contributed by atoms with E-state index in [9.17, 15) is 14.4 Å². The van der Waals surface area contributed by atoms with Gasteiger partial charge in [0.2, 0.25) is 5.91 Å². The smallest absolute Gasteiger partial charge is 0.412 e. The van der Waals surface area contributed by atoms with Gasteiger partial charge in [-0.3, -0.25) is 19.9 Å².